The number of carbonyl (C=O) groups is 1. The third-order valence-corrected chi connectivity index (χ3v) is 5.04. The van der Waals surface area contributed by atoms with E-state index in [9.17, 15) is 18.0 Å². The molecule has 0 spiro atoms. The zero-order chi connectivity index (χ0) is 20.3. The number of nitrogens with zero attached hydrogens (tertiary/aromatic N) is 2. The predicted molar refractivity (Wildman–Crippen MR) is 101 cm³/mol. The number of rotatable bonds is 5. The molecule has 3 aromatic rings. The maximum atomic E-state index is 13.0. The van der Waals surface area contributed by atoms with E-state index in [1.165, 1.54) is 0 Å². The van der Waals surface area contributed by atoms with Gasteiger partial charge in [-0.25, -0.2) is 5.10 Å². The lowest BCUT2D eigenvalue weighted by molar-refractivity contribution is -0.137. The van der Waals surface area contributed by atoms with Gasteiger partial charge in [0.25, 0.3) is 0 Å². The van der Waals surface area contributed by atoms with Crippen LogP contribution in [0.5, 0.6) is 0 Å². The second-order valence-electron chi connectivity index (χ2n) is 5.59. The molecule has 1 aromatic heterocycles. The van der Waals surface area contributed by atoms with Crippen LogP contribution in [0.4, 0.5) is 24.8 Å². The molecule has 0 aliphatic rings. The van der Waals surface area contributed by atoms with Crippen LogP contribution in [0.25, 0.3) is 0 Å². The van der Waals surface area contributed by atoms with Crippen LogP contribution in [0.2, 0.25) is 5.02 Å². The van der Waals surface area contributed by atoms with E-state index in [-0.39, 0.29) is 21.8 Å². The molecule has 2 aromatic carbocycles. The van der Waals surface area contributed by atoms with Gasteiger partial charge in [-0.05, 0) is 23.8 Å². The van der Waals surface area contributed by atoms with Gasteiger partial charge in [0.2, 0.25) is 17.0 Å². The van der Waals surface area contributed by atoms with Crippen molar-refractivity contribution in [3.8, 4) is 0 Å². The molecule has 0 bridgehead atoms. The number of benzene rings is 2. The minimum atomic E-state index is -4.56. The van der Waals surface area contributed by atoms with E-state index >= 15 is 0 Å². The Morgan fingerprint density at radius 1 is 1.21 bits per heavy atom. The maximum Gasteiger partial charge on any atom is 0.416 e. The van der Waals surface area contributed by atoms with Gasteiger partial charge in [0.1, 0.15) is 5.25 Å². The number of amides is 1. The van der Waals surface area contributed by atoms with E-state index < -0.39 is 22.9 Å². The molecule has 11 heteroatoms. The number of nitrogen functional groups attached to an aromatic ring is 1. The van der Waals surface area contributed by atoms with Gasteiger partial charge in [-0.3, -0.25) is 4.79 Å². The third-order valence-electron chi connectivity index (χ3n) is 3.60. The number of alkyl halides is 3. The topological polar surface area (TPSA) is 96.7 Å². The number of anilines is 2. The summed E-state index contributed by atoms with van der Waals surface area (Å²) in [5.74, 6) is -0.503. The van der Waals surface area contributed by atoms with Gasteiger partial charge in [-0.1, -0.05) is 53.7 Å². The number of carbonyl (C=O) groups excluding carboxylic acids is 1. The predicted octanol–water partition coefficient (Wildman–Crippen LogP) is 4.53. The Morgan fingerprint density at radius 3 is 2.54 bits per heavy atom. The Balaban J connectivity index is 1.90. The molecule has 0 fully saturated rings. The molecule has 1 heterocycles. The van der Waals surface area contributed by atoms with Gasteiger partial charge in [0.05, 0.1) is 16.3 Å². The highest BCUT2D eigenvalue weighted by Gasteiger charge is 2.32. The molecule has 4 N–H and O–H groups in total. The molecule has 28 heavy (non-hydrogen) atoms. The van der Waals surface area contributed by atoms with Gasteiger partial charge in [0.15, 0.2) is 0 Å². The summed E-state index contributed by atoms with van der Waals surface area (Å²) >= 11 is 6.96. The van der Waals surface area contributed by atoms with Gasteiger partial charge in [0, 0.05) is 0 Å². The molecule has 3 rings (SSSR count). The van der Waals surface area contributed by atoms with Crippen LogP contribution in [0.1, 0.15) is 16.4 Å². The lowest BCUT2D eigenvalue weighted by Gasteiger charge is -2.17. The molecular formula is C17H13ClF3N5OS. The molecule has 0 aliphatic heterocycles. The Kier molecular flexibility index (Phi) is 5.80. The van der Waals surface area contributed by atoms with Crippen molar-refractivity contribution in [1.82, 2.24) is 15.2 Å². The van der Waals surface area contributed by atoms with Crippen LogP contribution in [-0.4, -0.2) is 21.1 Å². The zero-order valence-corrected chi connectivity index (χ0v) is 15.6. The first-order valence-electron chi connectivity index (χ1n) is 7.81. The fourth-order valence-electron chi connectivity index (χ4n) is 2.31. The average molecular weight is 428 g/mol. The van der Waals surface area contributed by atoms with Crippen molar-refractivity contribution in [1.29, 1.82) is 0 Å². The summed E-state index contributed by atoms with van der Waals surface area (Å²) in [6, 6.07) is 11.4. The number of thioether (sulfide) groups is 1. The van der Waals surface area contributed by atoms with Gasteiger partial charge >= 0.3 is 6.18 Å². The van der Waals surface area contributed by atoms with Crippen molar-refractivity contribution in [2.75, 3.05) is 11.1 Å². The van der Waals surface area contributed by atoms with E-state index in [1.54, 1.807) is 30.3 Å². The molecule has 1 amide bonds. The van der Waals surface area contributed by atoms with Crippen LogP contribution in [0.3, 0.4) is 0 Å². The molecule has 1 atom stereocenters. The molecule has 6 nitrogen and oxygen atoms in total. The van der Waals surface area contributed by atoms with Gasteiger partial charge in [-0.2, -0.15) is 18.2 Å². The molecule has 1 unspecified atom stereocenters. The second kappa shape index (κ2) is 8.11. The lowest BCUT2D eigenvalue weighted by atomic mass is 10.1. The molecule has 146 valence electrons. The fourth-order valence-corrected chi connectivity index (χ4v) is 3.40. The minimum absolute atomic E-state index is 0.0136. The third kappa shape index (κ3) is 4.76. The largest absolute Gasteiger partial charge is 0.416 e. The first-order valence-corrected chi connectivity index (χ1v) is 9.07. The molecule has 0 saturated heterocycles. The van der Waals surface area contributed by atoms with E-state index in [0.29, 0.717) is 5.56 Å². The van der Waals surface area contributed by atoms with Crippen molar-refractivity contribution in [2.45, 2.75) is 16.6 Å². The number of hydrogen-bond acceptors (Lipinski definition) is 5. The van der Waals surface area contributed by atoms with Crippen LogP contribution >= 0.6 is 23.4 Å². The van der Waals surface area contributed by atoms with E-state index in [1.807, 2.05) is 0 Å². The lowest BCUT2D eigenvalue weighted by Crippen LogP contribution is -2.20. The molecule has 0 aliphatic carbocycles. The Morgan fingerprint density at radius 2 is 1.93 bits per heavy atom. The first kappa shape index (κ1) is 20.0. The van der Waals surface area contributed by atoms with Crippen molar-refractivity contribution >= 4 is 40.9 Å². The van der Waals surface area contributed by atoms with Crippen molar-refractivity contribution < 1.29 is 18.0 Å². The van der Waals surface area contributed by atoms with Crippen LogP contribution in [0, 0.1) is 0 Å². The molecular weight excluding hydrogens is 415 g/mol. The number of halogens is 4. The highest BCUT2D eigenvalue weighted by atomic mass is 35.5. The van der Waals surface area contributed by atoms with Crippen LogP contribution in [-0.2, 0) is 11.0 Å². The van der Waals surface area contributed by atoms with E-state index in [0.717, 1.165) is 30.0 Å². The summed E-state index contributed by atoms with van der Waals surface area (Å²) in [6.07, 6.45) is -4.56. The van der Waals surface area contributed by atoms with Crippen LogP contribution in [0.15, 0.2) is 53.7 Å². The number of aromatic amines is 1. The number of aromatic nitrogens is 3. The number of H-pyrrole nitrogens is 1. The van der Waals surface area contributed by atoms with Gasteiger partial charge in [-0.15, -0.1) is 5.10 Å². The van der Waals surface area contributed by atoms with E-state index in [2.05, 4.69) is 20.5 Å². The normalized spacial score (nSPS) is 12.6. The summed E-state index contributed by atoms with van der Waals surface area (Å²) < 4.78 is 38.9. The van der Waals surface area contributed by atoms with Crippen molar-refractivity contribution in [3.05, 3.63) is 64.7 Å². The number of nitrogens with two attached hydrogens (primary N) is 1. The first-order chi connectivity index (χ1) is 13.2. The summed E-state index contributed by atoms with van der Waals surface area (Å²) in [6.45, 7) is 0. The Labute approximate surface area is 166 Å². The monoisotopic (exact) mass is 427 g/mol. The highest BCUT2D eigenvalue weighted by Crippen LogP contribution is 2.37. The summed E-state index contributed by atoms with van der Waals surface area (Å²) in [4.78, 5) is 16.8. The maximum absolute atomic E-state index is 13.0. The second-order valence-corrected chi connectivity index (χ2v) is 7.07. The SMILES string of the molecule is Nc1nc(SC(C(=O)Nc2cc(C(F)(F)F)ccc2Cl)c2ccccc2)n[nH]1. The zero-order valence-electron chi connectivity index (χ0n) is 14.0. The Bertz CT molecular complexity index is 980. The standard InChI is InChI=1S/C17H13ClF3N5OS/c18-11-7-6-10(17(19,20)21)8-12(11)23-14(27)13(9-4-2-1-3-5-9)28-16-24-15(22)25-26-16/h1-8,13H,(H,23,27)(H3,22,24,25,26). The number of nitrogens with one attached hydrogen (secondary N) is 2. The summed E-state index contributed by atoms with van der Waals surface area (Å²) in [7, 11) is 0. The smallest absolute Gasteiger partial charge is 0.368 e. The van der Waals surface area contributed by atoms with E-state index in [4.69, 9.17) is 17.3 Å². The molecule has 0 saturated carbocycles. The summed E-state index contributed by atoms with van der Waals surface area (Å²) in [5.41, 5.74) is 5.05. The quantitative estimate of drug-likeness (QED) is 0.520. The molecule has 0 radical (unpaired) electrons. The van der Waals surface area contributed by atoms with Gasteiger partial charge < -0.3 is 11.1 Å². The average Bonchev–Trinajstić information content (AvgIpc) is 3.06. The summed E-state index contributed by atoms with van der Waals surface area (Å²) in [5, 5.41) is 8.17. The van der Waals surface area contributed by atoms with Crippen molar-refractivity contribution in [3.63, 3.8) is 0 Å². The Hall–Kier alpha value is -2.72. The number of hydrogen-bond donors (Lipinski definition) is 3. The fraction of sp³-hybridized carbons (Fsp3) is 0.118. The van der Waals surface area contributed by atoms with Crippen molar-refractivity contribution in [2.24, 2.45) is 0 Å². The highest BCUT2D eigenvalue weighted by molar-refractivity contribution is 8.00. The minimum Gasteiger partial charge on any atom is -0.368 e. The van der Waals surface area contributed by atoms with Crippen LogP contribution < -0.4 is 11.1 Å².